The highest BCUT2D eigenvalue weighted by Gasteiger charge is 2.42. The van der Waals surface area contributed by atoms with Gasteiger partial charge in [-0.1, -0.05) is 20.8 Å². The van der Waals surface area contributed by atoms with Crippen molar-refractivity contribution in [1.82, 2.24) is 30.4 Å². The third-order valence-corrected chi connectivity index (χ3v) is 2.98. The van der Waals surface area contributed by atoms with Gasteiger partial charge in [0, 0.05) is 0 Å². The van der Waals surface area contributed by atoms with E-state index in [1.165, 1.54) is 9.70 Å². The minimum absolute atomic E-state index is 0.0195. The van der Waals surface area contributed by atoms with Gasteiger partial charge in [-0.15, -0.1) is 10.2 Å². The maximum Gasteiger partial charge on any atom is 0.243 e. The van der Waals surface area contributed by atoms with Crippen LogP contribution in [0.4, 0.5) is 0 Å². The van der Waals surface area contributed by atoms with Crippen LogP contribution in [0.2, 0.25) is 0 Å². The third-order valence-electron chi connectivity index (χ3n) is 2.98. The number of amides is 2. The van der Waals surface area contributed by atoms with Crippen molar-refractivity contribution in [2.24, 2.45) is 12.5 Å². The third kappa shape index (κ3) is 2.72. The fourth-order valence-corrected chi connectivity index (χ4v) is 2.23. The standard InChI is InChI=1S/C11H18N6O2/c1-11(2,3)9-10(19)12-5-8(18)17(9)6-7-13-15-16(4)14-7/h9H,5-6H2,1-4H3,(H,12,19). The van der Waals surface area contributed by atoms with Crippen LogP contribution in [-0.2, 0) is 23.2 Å². The van der Waals surface area contributed by atoms with Gasteiger partial charge in [0.2, 0.25) is 11.8 Å². The lowest BCUT2D eigenvalue weighted by Gasteiger charge is -2.41. The van der Waals surface area contributed by atoms with Gasteiger partial charge in [0.1, 0.15) is 6.04 Å². The van der Waals surface area contributed by atoms with Crippen molar-refractivity contribution in [1.29, 1.82) is 0 Å². The van der Waals surface area contributed by atoms with Crippen LogP contribution < -0.4 is 5.32 Å². The van der Waals surface area contributed by atoms with E-state index >= 15 is 0 Å². The Morgan fingerprint density at radius 3 is 2.58 bits per heavy atom. The van der Waals surface area contributed by atoms with Crippen LogP contribution in [0.15, 0.2) is 0 Å². The molecule has 104 valence electrons. The average molecular weight is 266 g/mol. The Bertz CT molecular complexity index is 504. The number of tetrazole rings is 1. The van der Waals surface area contributed by atoms with Crippen LogP contribution >= 0.6 is 0 Å². The molecule has 1 aliphatic rings. The smallest absolute Gasteiger partial charge is 0.243 e. The number of hydrogen-bond donors (Lipinski definition) is 1. The largest absolute Gasteiger partial charge is 0.345 e. The van der Waals surface area contributed by atoms with Gasteiger partial charge in [0.25, 0.3) is 0 Å². The summed E-state index contributed by atoms with van der Waals surface area (Å²) in [5, 5.41) is 14.3. The second-order valence-electron chi connectivity index (χ2n) is 5.70. The summed E-state index contributed by atoms with van der Waals surface area (Å²) in [5.41, 5.74) is -0.359. The highest BCUT2D eigenvalue weighted by Crippen LogP contribution is 2.27. The minimum atomic E-state index is -0.530. The zero-order valence-electron chi connectivity index (χ0n) is 11.5. The Hall–Kier alpha value is -1.99. The Morgan fingerprint density at radius 1 is 1.37 bits per heavy atom. The van der Waals surface area contributed by atoms with Crippen LogP contribution in [0.25, 0.3) is 0 Å². The van der Waals surface area contributed by atoms with E-state index < -0.39 is 6.04 Å². The molecule has 0 bridgehead atoms. The predicted molar refractivity (Wildman–Crippen MR) is 65.6 cm³/mol. The van der Waals surface area contributed by atoms with Crippen molar-refractivity contribution in [3.63, 3.8) is 0 Å². The lowest BCUT2D eigenvalue weighted by Crippen LogP contribution is -2.62. The Balaban J connectivity index is 2.27. The van der Waals surface area contributed by atoms with Crippen molar-refractivity contribution in [2.45, 2.75) is 33.4 Å². The summed E-state index contributed by atoms with van der Waals surface area (Å²) >= 11 is 0. The molecule has 0 spiro atoms. The molecular weight excluding hydrogens is 248 g/mol. The maximum absolute atomic E-state index is 12.0. The summed E-state index contributed by atoms with van der Waals surface area (Å²) in [7, 11) is 1.66. The lowest BCUT2D eigenvalue weighted by atomic mass is 9.84. The van der Waals surface area contributed by atoms with E-state index in [9.17, 15) is 9.59 Å². The molecule has 2 rings (SSSR count). The van der Waals surface area contributed by atoms with E-state index in [0.29, 0.717) is 5.82 Å². The summed E-state index contributed by atoms with van der Waals surface area (Å²) in [4.78, 5) is 26.9. The molecule has 1 atom stereocenters. The Kier molecular flexibility index (Phi) is 3.25. The number of carbonyl (C=O) groups is 2. The van der Waals surface area contributed by atoms with Crippen molar-refractivity contribution >= 4 is 11.8 Å². The summed E-state index contributed by atoms with van der Waals surface area (Å²) in [6.45, 7) is 5.99. The molecular formula is C11H18N6O2. The van der Waals surface area contributed by atoms with Gasteiger partial charge in [-0.05, 0) is 10.6 Å². The molecule has 0 saturated carbocycles. The van der Waals surface area contributed by atoms with E-state index in [1.807, 2.05) is 20.8 Å². The molecule has 1 aromatic rings. The van der Waals surface area contributed by atoms with Crippen LogP contribution in [0, 0.1) is 5.41 Å². The molecule has 0 aliphatic carbocycles. The molecule has 1 N–H and O–H groups in total. The van der Waals surface area contributed by atoms with Crippen LogP contribution in [-0.4, -0.2) is 49.5 Å². The molecule has 1 aromatic heterocycles. The topological polar surface area (TPSA) is 93.0 Å². The molecule has 0 aromatic carbocycles. The molecule has 8 heteroatoms. The first-order chi connectivity index (χ1) is 8.79. The van der Waals surface area contributed by atoms with Crippen molar-refractivity contribution in [2.75, 3.05) is 6.54 Å². The van der Waals surface area contributed by atoms with Gasteiger partial charge in [0.15, 0.2) is 5.82 Å². The molecule has 19 heavy (non-hydrogen) atoms. The van der Waals surface area contributed by atoms with Crippen LogP contribution in [0.1, 0.15) is 26.6 Å². The molecule has 8 nitrogen and oxygen atoms in total. The first-order valence-corrected chi connectivity index (χ1v) is 6.09. The van der Waals surface area contributed by atoms with E-state index in [2.05, 4.69) is 20.7 Å². The zero-order chi connectivity index (χ0) is 14.2. The fraction of sp³-hybridized carbons (Fsp3) is 0.727. The lowest BCUT2D eigenvalue weighted by molar-refractivity contribution is -0.150. The number of nitrogens with zero attached hydrogens (tertiary/aromatic N) is 5. The number of hydrogen-bond acceptors (Lipinski definition) is 5. The summed E-state index contributed by atoms with van der Waals surface area (Å²) < 4.78 is 0. The van der Waals surface area contributed by atoms with Crippen molar-refractivity contribution in [3.05, 3.63) is 5.82 Å². The Labute approximate surface area is 111 Å². The van der Waals surface area contributed by atoms with Crippen LogP contribution in [0.5, 0.6) is 0 Å². The zero-order valence-corrected chi connectivity index (χ0v) is 11.5. The van der Waals surface area contributed by atoms with E-state index in [-0.39, 0.29) is 30.3 Å². The minimum Gasteiger partial charge on any atom is -0.345 e. The van der Waals surface area contributed by atoms with E-state index in [1.54, 1.807) is 7.05 Å². The first-order valence-electron chi connectivity index (χ1n) is 6.09. The molecule has 1 unspecified atom stereocenters. The highest BCUT2D eigenvalue weighted by molar-refractivity contribution is 5.95. The molecule has 1 saturated heterocycles. The Morgan fingerprint density at radius 2 is 2.05 bits per heavy atom. The second kappa shape index (κ2) is 4.60. The molecule has 0 radical (unpaired) electrons. The number of aryl methyl sites for hydroxylation is 1. The van der Waals surface area contributed by atoms with Gasteiger partial charge in [-0.25, -0.2) is 0 Å². The van der Waals surface area contributed by atoms with Crippen molar-refractivity contribution < 1.29 is 9.59 Å². The number of nitrogens with one attached hydrogen (secondary N) is 1. The molecule has 1 aliphatic heterocycles. The summed E-state index contributed by atoms with van der Waals surface area (Å²) in [5.74, 6) is 0.155. The van der Waals surface area contributed by atoms with Crippen LogP contribution in [0.3, 0.4) is 0 Å². The van der Waals surface area contributed by atoms with Gasteiger partial charge in [-0.2, -0.15) is 4.80 Å². The number of aromatic nitrogens is 4. The summed E-state index contributed by atoms with van der Waals surface area (Å²) in [6.07, 6.45) is 0. The van der Waals surface area contributed by atoms with Crippen molar-refractivity contribution in [3.8, 4) is 0 Å². The highest BCUT2D eigenvalue weighted by atomic mass is 16.2. The first kappa shape index (κ1) is 13.4. The number of carbonyl (C=O) groups excluding carboxylic acids is 2. The van der Waals surface area contributed by atoms with E-state index in [4.69, 9.17) is 0 Å². The quantitative estimate of drug-likeness (QED) is 0.747. The average Bonchev–Trinajstić information content (AvgIpc) is 2.68. The SMILES string of the molecule is Cn1nnc(CN2C(=O)CNC(=O)C2C(C)(C)C)n1. The maximum atomic E-state index is 12.0. The normalized spacial score (nSPS) is 20.6. The number of rotatable bonds is 2. The van der Waals surface area contributed by atoms with Gasteiger partial charge < -0.3 is 10.2 Å². The second-order valence-corrected chi connectivity index (χ2v) is 5.70. The monoisotopic (exact) mass is 266 g/mol. The predicted octanol–water partition coefficient (Wildman–Crippen LogP) is -0.917. The van der Waals surface area contributed by atoms with Gasteiger partial charge >= 0.3 is 0 Å². The number of piperazine rings is 1. The van der Waals surface area contributed by atoms with E-state index in [0.717, 1.165) is 0 Å². The fourth-order valence-electron chi connectivity index (χ4n) is 2.23. The van der Waals surface area contributed by atoms with Gasteiger partial charge in [-0.3, -0.25) is 9.59 Å². The molecule has 2 amide bonds. The molecule has 1 fully saturated rings. The molecule has 2 heterocycles. The van der Waals surface area contributed by atoms with Gasteiger partial charge in [0.05, 0.1) is 20.1 Å². The summed E-state index contributed by atoms with van der Waals surface area (Å²) in [6, 6.07) is -0.530.